The highest BCUT2D eigenvalue weighted by Crippen LogP contribution is 2.15. The third-order valence-electron chi connectivity index (χ3n) is 2.79. The van der Waals surface area contributed by atoms with Crippen LogP contribution in [-0.2, 0) is 28.2 Å². The van der Waals surface area contributed by atoms with E-state index in [1.807, 2.05) is 21.1 Å². The number of carbonyl (C=O) groups is 2. The van der Waals surface area contributed by atoms with Gasteiger partial charge in [-0.05, 0) is 13.8 Å². The van der Waals surface area contributed by atoms with Crippen LogP contribution in [0.4, 0.5) is 0 Å². The molecule has 0 radical (unpaired) electrons. The molecule has 0 aliphatic rings. The summed E-state index contributed by atoms with van der Waals surface area (Å²) in [5.74, 6) is -0.899. The average Bonchev–Trinajstić information content (AvgIpc) is 2.43. The van der Waals surface area contributed by atoms with Crippen LogP contribution in [-0.4, -0.2) is 57.3 Å². The van der Waals surface area contributed by atoms with Gasteiger partial charge in [0.2, 0.25) is 0 Å². The van der Waals surface area contributed by atoms with E-state index in [4.69, 9.17) is 9.47 Å². The van der Waals surface area contributed by atoms with E-state index in [2.05, 4.69) is 11.1 Å². The van der Waals surface area contributed by atoms with Crippen molar-refractivity contribution in [1.82, 2.24) is 0 Å². The van der Waals surface area contributed by atoms with E-state index >= 15 is 0 Å². The molecule has 0 fully saturated rings. The number of carbonyl (C=O) groups excluding carboxylic acids is 2. The molecule has 0 bridgehead atoms. The molecule has 23 heavy (non-hydrogen) atoms. The summed E-state index contributed by atoms with van der Waals surface area (Å²) in [7, 11) is 5.31. The smallest absolute Gasteiger partial charge is 0.398 e. The number of esters is 1. The molecule has 0 unspecified atom stereocenters. The number of rotatable bonds is 10. The van der Waals surface area contributed by atoms with Gasteiger partial charge in [0.1, 0.15) is 18.9 Å². The van der Waals surface area contributed by atoms with Crippen LogP contribution in [0.15, 0.2) is 23.5 Å². The van der Waals surface area contributed by atoms with E-state index in [9.17, 15) is 14.2 Å². The van der Waals surface area contributed by atoms with Gasteiger partial charge in [-0.1, -0.05) is 6.58 Å². The quantitative estimate of drug-likeness (QED) is 0.198. The molecule has 8 heteroatoms. The minimum absolute atomic E-state index is 0.0467. The molecule has 7 nitrogen and oxygen atoms in total. The van der Waals surface area contributed by atoms with Crippen molar-refractivity contribution in [1.29, 1.82) is 0 Å². The predicted octanol–water partition coefficient (Wildman–Crippen LogP) is 2.24. The maximum atomic E-state index is 11.7. The Balaban J connectivity index is 4.82. The summed E-state index contributed by atoms with van der Waals surface area (Å²) in [6.45, 7) is 7.69. The van der Waals surface area contributed by atoms with Gasteiger partial charge in [-0.2, -0.15) is 0 Å². The van der Waals surface area contributed by atoms with Gasteiger partial charge < -0.3 is 18.5 Å². The van der Waals surface area contributed by atoms with Crippen LogP contribution >= 0.6 is 8.69 Å². The van der Waals surface area contributed by atoms with E-state index in [-0.39, 0.29) is 18.6 Å². The van der Waals surface area contributed by atoms with Crippen molar-refractivity contribution < 1.29 is 32.6 Å². The summed E-state index contributed by atoms with van der Waals surface area (Å²) in [5.41, 5.74) is 0.490. The highest BCUT2D eigenvalue weighted by atomic mass is 31.1. The Morgan fingerprint density at radius 1 is 1.04 bits per heavy atom. The van der Waals surface area contributed by atoms with Gasteiger partial charge in [0.15, 0.2) is 0 Å². The Labute approximate surface area is 138 Å². The van der Waals surface area contributed by atoms with Crippen LogP contribution in [0.3, 0.4) is 0 Å². The molecule has 0 atom stereocenters. The number of likely N-dealkylation sites (N-methyl/N-ethyl adjacent to an activating group) is 1. The summed E-state index contributed by atoms with van der Waals surface area (Å²) in [6, 6.07) is 0. The van der Waals surface area contributed by atoms with Crippen LogP contribution in [0.1, 0.15) is 20.3 Å². The number of hydrogen-bond donors (Lipinski definition) is 0. The highest BCUT2D eigenvalue weighted by molar-refractivity contribution is 7.18. The first-order chi connectivity index (χ1) is 10.6. The summed E-state index contributed by atoms with van der Waals surface area (Å²) in [6.07, 6.45) is 0.215. The lowest BCUT2D eigenvalue weighted by Gasteiger charge is -2.24. The summed E-state index contributed by atoms with van der Waals surface area (Å²) in [5, 5.41) is 0. The highest BCUT2D eigenvalue weighted by Gasteiger charge is 2.16. The fourth-order valence-corrected chi connectivity index (χ4v) is 1.59. The number of ether oxygens (including phenoxy) is 2. The third-order valence-corrected chi connectivity index (χ3v) is 3.03. The zero-order valence-electron chi connectivity index (χ0n) is 14.4. The Kier molecular flexibility index (Phi) is 9.37. The van der Waals surface area contributed by atoms with Crippen LogP contribution in [0.25, 0.3) is 0 Å². The van der Waals surface area contributed by atoms with Crippen molar-refractivity contribution in [2.24, 2.45) is 0 Å². The summed E-state index contributed by atoms with van der Waals surface area (Å²) < 4.78 is 26.1. The second kappa shape index (κ2) is 10.1. The second-order valence-corrected chi connectivity index (χ2v) is 6.36. The largest absolute Gasteiger partial charge is 0.491 e. The molecule has 0 spiro atoms. The zero-order valence-corrected chi connectivity index (χ0v) is 15.3. The lowest BCUT2D eigenvalue weighted by molar-refractivity contribution is -0.870. The molecule has 0 aromatic heterocycles. The molecule has 0 aliphatic carbocycles. The average molecular weight is 346 g/mol. The van der Waals surface area contributed by atoms with E-state index in [1.165, 1.54) is 6.92 Å². The first-order valence-electron chi connectivity index (χ1n) is 7.08. The monoisotopic (exact) mass is 346 g/mol. The van der Waals surface area contributed by atoms with E-state index in [0.717, 1.165) is 6.54 Å². The standard InChI is InChI=1S/C15H25NO6P/c1-11(2)14(17)21-9-7-13(12(3)15(18)22-23-19)20-10-8-16(4,5)6/h1,7-10H2,2-6H3/q+1. The molecule has 0 aromatic rings. The topological polar surface area (TPSA) is 78.9 Å². The Bertz CT molecular complexity index is 493. The molecule has 0 saturated carbocycles. The fraction of sp³-hybridized carbons (Fsp3) is 0.600. The van der Waals surface area contributed by atoms with Crippen molar-refractivity contribution in [2.45, 2.75) is 20.3 Å². The Morgan fingerprint density at radius 2 is 1.65 bits per heavy atom. The first-order valence-corrected chi connectivity index (χ1v) is 7.81. The van der Waals surface area contributed by atoms with Gasteiger partial charge in [-0.15, -0.1) is 0 Å². The molecule has 130 valence electrons. The third kappa shape index (κ3) is 9.81. The minimum atomic E-state index is -0.742. The molecular formula is C15H25NO6P+. The van der Waals surface area contributed by atoms with Crippen LogP contribution in [0.2, 0.25) is 0 Å². The first kappa shape index (κ1) is 21.3. The van der Waals surface area contributed by atoms with Gasteiger partial charge in [0, 0.05) is 12.0 Å². The Hall–Kier alpha value is -1.72. The molecule has 0 N–H and O–H groups in total. The predicted molar refractivity (Wildman–Crippen MR) is 85.6 cm³/mol. The molecule has 0 aliphatic heterocycles. The van der Waals surface area contributed by atoms with Crippen molar-refractivity contribution in [3.8, 4) is 0 Å². The molecular weight excluding hydrogens is 321 g/mol. The van der Waals surface area contributed by atoms with E-state index in [0.29, 0.717) is 22.4 Å². The number of nitrogens with zero attached hydrogens (tertiary/aromatic N) is 1. The van der Waals surface area contributed by atoms with Gasteiger partial charge >= 0.3 is 20.6 Å². The van der Waals surface area contributed by atoms with Crippen LogP contribution < -0.4 is 0 Å². The second-order valence-electron chi connectivity index (χ2n) is 6.03. The molecule has 0 saturated heterocycles. The maximum Gasteiger partial charge on any atom is 0.398 e. The zero-order chi connectivity index (χ0) is 18.0. The summed E-state index contributed by atoms with van der Waals surface area (Å²) in [4.78, 5) is 23.0. The molecule has 0 amide bonds. The van der Waals surface area contributed by atoms with Crippen molar-refractivity contribution in [3.63, 3.8) is 0 Å². The normalized spacial score (nSPS) is 12.4. The molecule has 0 aromatic carbocycles. The van der Waals surface area contributed by atoms with Crippen molar-refractivity contribution >= 4 is 20.6 Å². The summed E-state index contributed by atoms with van der Waals surface area (Å²) >= 11 is 0. The van der Waals surface area contributed by atoms with E-state index < -0.39 is 20.6 Å². The van der Waals surface area contributed by atoms with Crippen molar-refractivity contribution in [2.75, 3.05) is 40.9 Å². The lowest BCUT2D eigenvalue weighted by atomic mass is 10.2. The van der Waals surface area contributed by atoms with Crippen molar-refractivity contribution in [3.05, 3.63) is 23.5 Å². The van der Waals surface area contributed by atoms with Gasteiger partial charge in [-0.25, -0.2) is 14.2 Å². The number of quaternary nitrogens is 1. The van der Waals surface area contributed by atoms with E-state index in [1.54, 1.807) is 6.92 Å². The molecule has 0 rings (SSSR count). The maximum absolute atomic E-state index is 11.7. The minimum Gasteiger partial charge on any atom is -0.491 e. The SMILES string of the molecule is C=C(C)C(=O)OCCC(OCC[N+](C)(C)C)=C(C)C(=O)OP=O. The molecule has 0 heterocycles. The fourth-order valence-electron chi connectivity index (χ4n) is 1.39. The van der Waals surface area contributed by atoms with Gasteiger partial charge in [-0.3, -0.25) is 0 Å². The van der Waals surface area contributed by atoms with Gasteiger partial charge in [0.25, 0.3) is 0 Å². The Morgan fingerprint density at radius 3 is 2.13 bits per heavy atom. The van der Waals surface area contributed by atoms with Gasteiger partial charge in [0.05, 0.1) is 33.3 Å². The lowest BCUT2D eigenvalue weighted by Crippen LogP contribution is -2.37. The van der Waals surface area contributed by atoms with Crippen LogP contribution in [0, 0.1) is 0 Å². The number of hydrogen-bond acceptors (Lipinski definition) is 6. The van der Waals surface area contributed by atoms with Crippen LogP contribution in [0.5, 0.6) is 0 Å².